The van der Waals surface area contributed by atoms with Gasteiger partial charge in [0.2, 0.25) is 0 Å². The van der Waals surface area contributed by atoms with Gasteiger partial charge in [0.1, 0.15) is 17.3 Å². The van der Waals surface area contributed by atoms with Crippen LogP contribution in [0.2, 0.25) is 0 Å². The van der Waals surface area contributed by atoms with Crippen molar-refractivity contribution in [2.75, 3.05) is 6.54 Å². The van der Waals surface area contributed by atoms with E-state index in [0.29, 0.717) is 17.8 Å². The number of benzene rings is 2. The molecule has 1 aromatic heterocycles. The maximum absolute atomic E-state index is 13.6. The largest absolute Gasteiger partial charge is 0.427 e. The van der Waals surface area contributed by atoms with Gasteiger partial charge in [-0.05, 0) is 96.2 Å². The van der Waals surface area contributed by atoms with Gasteiger partial charge in [-0.15, -0.1) is 0 Å². The number of ketones is 1. The molecule has 37 heavy (non-hydrogen) atoms. The summed E-state index contributed by atoms with van der Waals surface area (Å²) in [6.45, 7) is 6.09. The van der Waals surface area contributed by atoms with Crippen LogP contribution in [0.4, 0.5) is 4.39 Å². The molecule has 0 spiro atoms. The lowest BCUT2D eigenvalue weighted by Gasteiger charge is -2.14. The first kappa shape index (κ1) is 26.4. The number of allylic oxidation sites excluding steroid dienone is 2. The van der Waals surface area contributed by atoms with E-state index >= 15 is 0 Å². The Balaban J connectivity index is 1.55. The summed E-state index contributed by atoms with van der Waals surface area (Å²) in [4.78, 5) is 43.0. The third-order valence-electron chi connectivity index (χ3n) is 6.29. The molecule has 8 heteroatoms. The van der Waals surface area contributed by atoms with Crippen LogP contribution in [0.1, 0.15) is 55.9 Å². The van der Waals surface area contributed by atoms with Gasteiger partial charge in [-0.1, -0.05) is 17.7 Å². The molecule has 2 aromatic carbocycles. The maximum Gasteiger partial charge on any atom is 0.343 e. The molecule has 190 valence electrons. The quantitative estimate of drug-likeness (QED) is 0.362. The highest BCUT2D eigenvalue weighted by Crippen LogP contribution is 2.40. The Morgan fingerprint density at radius 1 is 1.08 bits per heavy atom. The number of aryl methyl sites for hydroxylation is 3. The molecule has 0 saturated carbocycles. The molecule has 3 aromatic rings. The van der Waals surface area contributed by atoms with Crippen molar-refractivity contribution in [1.82, 2.24) is 10.3 Å². The summed E-state index contributed by atoms with van der Waals surface area (Å²) in [6, 6.07) is 12.4. The van der Waals surface area contributed by atoms with Crippen molar-refractivity contribution in [3.63, 3.8) is 0 Å². The molecule has 0 saturated heterocycles. The van der Waals surface area contributed by atoms with Crippen molar-refractivity contribution in [1.29, 1.82) is 0 Å². The summed E-state index contributed by atoms with van der Waals surface area (Å²) in [6.07, 6.45) is 2.13. The molecule has 4 rings (SSSR count). The summed E-state index contributed by atoms with van der Waals surface area (Å²) in [7, 11) is 0. The summed E-state index contributed by atoms with van der Waals surface area (Å²) >= 11 is 3.29. The molecule has 1 atom stereocenters. The normalized spacial score (nSPS) is 15.2. The van der Waals surface area contributed by atoms with Gasteiger partial charge in [-0.25, -0.2) is 14.2 Å². The summed E-state index contributed by atoms with van der Waals surface area (Å²) < 4.78 is 19.8. The van der Waals surface area contributed by atoms with E-state index in [-0.39, 0.29) is 35.9 Å². The van der Waals surface area contributed by atoms with Crippen LogP contribution in [-0.4, -0.2) is 29.2 Å². The standard InChI is InChI=1S/C29H26BrFN2O4/c1-16-12-17(2)25(18(3)13-16)26-24(37-29(36)19-4-7-22(31)8-5-19)14-20(27(26)34)10-11-32-28(35)23-9-6-21(30)15-33-23/h4-9,12-13,15,20H,10-11,14H2,1-3H3,(H,32,35). The SMILES string of the molecule is Cc1cc(C)c(C2=C(OC(=O)c3ccc(F)cc3)CC(CCNC(=O)c3ccc(Br)cn3)C2=O)c(C)c1. The van der Waals surface area contributed by atoms with E-state index in [1.54, 1.807) is 18.3 Å². The fourth-order valence-corrected chi connectivity index (χ4v) is 4.87. The van der Waals surface area contributed by atoms with Gasteiger partial charge in [-0.2, -0.15) is 0 Å². The lowest BCUT2D eigenvalue weighted by atomic mass is 9.90. The van der Waals surface area contributed by atoms with Crippen LogP contribution < -0.4 is 5.32 Å². The molecular weight excluding hydrogens is 539 g/mol. The van der Waals surface area contributed by atoms with Gasteiger partial charge in [-0.3, -0.25) is 9.59 Å². The Kier molecular flexibility index (Phi) is 7.97. The maximum atomic E-state index is 13.6. The first-order valence-corrected chi connectivity index (χ1v) is 12.7. The van der Waals surface area contributed by atoms with Gasteiger partial charge in [0, 0.05) is 29.6 Å². The van der Waals surface area contributed by atoms with Gasteiger partial charge in [0.15, 0.2) is 5.78 Å². The highest BCUT2D eigenvalue weighted by atomic mass is 79.9. The Morgan fingerprint density at radius 3 is 2.38 bits per heavy atom. The first-order valence-electron chi connectivity index (χ1n) is 11.9. The summed E-state index contributed by atoms with van der Waals surface area (Å²) in [5, 5.41) is 2.81. The fourth-order valence-electron chi connectivity index (χ4n) is 4.64. The van der Waals surface area contributed by atoms with E-state index in [4.69, 9.17) is 4.74 Å². The highest BCUT2D eigenvalue weighted by Gasteiger charge is 2.37. The van der Waals surface area contributed by atoms with Crippen LogP contribution in [0.3, 0.4) is 0 Å². The second kappa shape index (κ2) is 11.2. The Morgan fingerprint density at radius 2 is 1.76 bits per heavy atom. The van der Waals surface area contributed by atoms with Crippen molar-refractivity contribution in [3.05, 3.63) is 104 Å². The Hall–Kier alpha value is -3.65. The molecule has 0 bridgehead atoms. The van der Waals surface area contributed by atoms with E-state index in [9.17, 15) is 18.8 Å². The van der Waals surface area contributed by atoms with E-state index in [1.165, 1.54) is 24.3 Å². The minimum atomic E-state index is -0.655. The third-order valence-corrected chi connectivity index (χ3v) is 6.76. The number of esters is 1. The van der Waals surface area contributed by atoms with Crippen molar-refractivity contribution < 1.29 is 23.5 Å². The van der Waals surface area contributed by atoms with Crippen LogP contribution in [0.15, 0.2) is 65.0 Å². The number of nitrogens with zero attached hydrogens (tertiary/aromatic N) is 1. The fraction of sp³-hybridized carbons (Fsp3) is 0.241. The molecule has 6 nitrogen and oxygen atoms in total. The minimum Gasteiger partial charge on any atom is -0.427 e. The van der Waals surface area contributed by atoms with Gasteiger partial charge in [0.25, 0.3) is 5.91 Å². The second-order valence-corrected chi connectivity index (χ2v) is 10.1. The predicted octanol–water partition coefficient (Wildman–Crippen LogP) is 5.89. The predicted molar refractivity (Wildman–Crippen MR) is 141 cm³/mol. The number of carbonyl (C=O) groups excluding carboxylic acids is 3. The average Bonchev–Trinajstić information content (AvgIpc) is 3.14. The smallest absolute Gasteiger partial charge is 0.343 e. The van der Waals surface area contributed by atoms with Gasteiger partial charge < -0.3 is 10.1 Å². The van der Waals surface area contributed by atoms with Crippen molar-refractivity contribution in [2.45, 2.75) is 33.6 Å². The van der Waals surface area contributed by atoms with Crippen LogP contribution >= 0.6 is 15.9 Å². The van der Waals surface area contributed by atoms with Crippen LogP contribution in [0, 0.1) is 32.5 Å². The molecular formula is C29H26BrFN2O4. The molecule has 1 unspecified atom stereocenters. The van der Waals surface area contributed by atoms with Gasteiger partial charge in [0.05, 0.1) is 11.1 Å². The van der Waals surface area contributed by atoms with Crippen LogP contribution in [0.5, 0.6) is 0 Å². The summed E-state index contributed by atoms with van der Waals surface area (Å²) in [5.41, 5.74) is 4.49. The molecule has 1 aliphatic carbocycles. The lowest BCUT2D eigenvalue weighted by Crippen LogP contribution is -2.27. The minimum absolute atomic E-state index is 0.132. The number of pyridine rings is 1. The molecule has 1 N–H and O–H groups in total. The Bertz CT molecular complexity index is 1380. The summed E-state index contributed by atoms with van der Waals surface area (Å²) in [5.74, 6) is -1.76. The number of hydrogen-bond donors (Lipinski definition) is 1. The zero-order chi connectivity index (χ0) is 26.7. The molecule has 0 fully saturated rings. The zero-order valence-corrected chi connectivity index (χ0v) is 22.3. The zero-order valence-electron chi connectivity index (χ0n) is 20.7. The second-order valence-electron chi connectivity index (χ2n) is 9.14. The number of carbonyl (C=O) groups is 3. The lowest BCUT2D eigenvalue weighted by molar-refractivity contribution is -0.116. The first-order chi connectivity index (χ1) is 17.6. The third kappa shape index (κ3) is 6.02. The van der Waals surface area contributed by atoms with E-state index in [0.717, 1.165) is 26.7 Å². The number of hydrogen-bond acceptors (Lipinski definition) is 5. The molecule has 0 radical (unpaired) electrons. The number of ether oxygens (including phenoxy) is 1. The number of rotatable bonds is 7. The highest BCUT2D eigenvalue weighted by molar-refractivity contribution is 9.10. The van der Waals surface area contributed by atoms with Crippen LogP contribution in [-0.2, 0) is 9.53 Å². The van der Waals surface area contributed by atoms with Crippen molar-refractivity contribution in [2.24, 2.45) is 5.92 Å². The van der Waals surface area contributed by atoms with Crippen molar-refractivity contribution in [3.8, 4) is 0 Å². The number of Topliss-reactive ketones (excluding diaryl/α,β-unsaturated/α-hetero) is 1. The molecule has 1 heterocycles. The van der Waals surface area contributed by atoms with Crippen LogP contribution in [0.25, 0.3) is 5.57 Å². The Labute approximate surface area is 223 Å². The van der Waals surface area contributed by atoms with Crippen molar-refractivity contribution >= 4 is 39.2 Å². The number of aromatic nitrogens is 1. The topological polar surface area (TPSA) is 85.4 Å². The van der Waals surface area contributed by atoms with E-state index in [1.807, 2.05) is 32.9 Å². The number of halogens is 2. The van der Waals surface area contributed by atoms with Gasteiger partial charge >= 0.3 is 5.97 Å². The molecule has 1 amide bonds. The molecule has 1 aliphatic rings. The number of amides is 1. The van der Waals surface area contributed by atoms with E-state index in [2.05, 4.69) is 26.2 Å². The average molecular weight is 565 g/mol. The number of nitrogens with one attached hydrogen (secondary N) is 1. The van der Waals surface area contributed by atoms with E-state index < -0.39 is 17.7 Å². The molecule has 0 aliphatic heterocycles. The monoisotopic (exact) mass is 564 g/mol.